The van der Waals surface area contributed by atoms with E-state index in [1.165, 1.54) is 19.3 Å². The van der Waals surface area contributed by atoms with Crippen LogP contribution in [0.1, 0.15) is 54.2 Å². The summed E-state index contributed by atoms with van der Waals surface area (Å²) >= 11 is 0. The maximum Gasteiger partial charge on any atom is 0.119 e. The van der Waals surface area contributed by atoms with Crippen molar-refractivity contribution in [3.63, 3.8) is 0 Å². The number of carboxylic acid groups (broad SMARTS) is 1. The number of ether oxygens (including phenoxy) is 1. The van der Waals surface area contributed by atoms with Gasteiger partial charge in [-0.25, -0.2) is 0 Å². The zero-order chi connectivity index (χ0) is 15.0. The van der Waals surface area contributed by atoms with Gasteiger partial charge in [-0.1, -0.05) is 19.3 Å². The maximum atomic E-state index is 11.6. The SMILES string of the molecule is COc1ccc2c(c1)c(C(=O)[O-])c(C)n2C1CCCCC1. The second kappa shape index (κ2) is 5.43. The van der Waals surface area contributed by atoms with E-state index >= 15 is 0 Å². The van der Waals surface area contributed by atoms with E-state index in [2.05, 4.69) is 4.57 Å². The summed E-state index contributed by atoms with van der Waals surface area (Å²) in [6.45, 7) is 1.88. The molecule has 112 valence electrons. The molecular formula is C17H20NO3-. The van der Waals surface area contributed by atoms with E-state index in [-0.39, 0.29) is 0 Å². The van der Waals surface area contributed by atoms with Crippen molar-refractivity contribution in [2.45, 2.75) is 45.1 Å². The van der Waals surface area contributed by atoms with Crippen molar-refractivity contribution in [2.24, 2.45) is 0 Å². The lowest BCUT2D eigenvalue weighted by Crippen LogP contribution is -2.23. The highest BCUT2D eigenvalue weighted by molar-refractivity contribution is 6.04. The number of aromatic carboxylic acids is 1. The number of carbonyl (C=O) groups is 1. The minimum Gasteiger partial charge on any atom is -0.545 e. The number of aromatic nitrogens is 1. The Balaban J connectivity index is 2.23. The summed E-state index contributed by atoms with van der Waals surface area (Å²) in [5.41, 5.74) is 2.07. The van der Waals surface area contributed by atoms with Crippen molar-refractivity contribution >= 4 is 16.9 Å². The summed E-state index contributed by atoms with van der Waals surface area (Å²) in [6.07, 6.45) is 5.92. The molecule has 1 aromatic heterocycles. The number of rotatable bonds is 3. The minimum atomic E-state index is -1.11. The van der Waals surface area contributed by atoms with Crippen LogP contribution in [0.2, 0.25) is 0 Å². The smallest absolute Gasteiger partial charge is 0.119 e. The van der Waals surface area contributed by atoms with Gasteiger partial charge in [-0.15, -0.1) is 0 Å². The predicted octanol–water partition coefficient (Wildman–Crippen LogP) is 2.83. The Bertz CT molecular complexity index is 681. The fourth-order valence-electron chi connectivity index (χ4n) is 3.62. The van der Waals surface area contributed by atoms with Crippen LogP contribution in [0.3, 0.4) is 0 Å². The third kappa shape index (κ3) is 2.28. The molecule has 0 radical (unpaired) electrons. The van der Waals surface area contributed by atoms with E-state index < -0.39 is 5.97 Å². The molecule has 4 nitrogen and oxygen atoms in total. The van der Waals surface area contributed by atoms with Crippen LogP contribution in [0.15, 0.2) is 18.2 Å². The number of methoxy groups -OCH3 is 1. The standard InChI is InChI=1S/C17H21NO3/c1-11-16(17(19)20)14-10-13(21-2)8-9-15(14)18(11)12-6-4-3-5-7-12/h8-10,12H,3-7H2,1-2H3,(H,19,20)/p-1. The van der Waals surface area contributed by atoms with E-state index in [9.17, 15) is 9.90 Å². The van der Waals surface area contributed by atoms with Crippen molar-refractivity contribution in [3.8, 4) is 5.75 Å². The van der Waals surface area contributed by atoms with Gasteiger partial charge in [0.05, 0.1) is 13.1 Å². The van der Waals surface area contributed by atoms with Gasteiger partial charge in [0.25, 0.3) is 0 Å². The number of hydrogen-bond acceptors (Lipinski definition) is 3. The van der Waals surface area contributed by atoms with Crippen LogP contribution in [-0.2, 0) is 0 Å². The molecule has 1 fully saturated rings. The number of carboxylic acids is 1. The summed E-state index contributed by atoms with van der Waals surface area (Å²) < 4.78 is 7.42. The molecule has 4 heteroatoms. The highest BCUT2D eigenvalue weighted by Gasteiger charge is 2.22. The molecule has 21 heavy (non-hydrogen) atoms. The van der Waals surface area contributed by atoms with Gasteiger partial charge in [0.2, 0.25) is 0 Å². The first-order valence-electron chi connectivity index (χ1n) is 7.53. The molecule has 3 rings (SSSR count). The largest absolute Gasteiger partial charge is 0.545 e. The van der Waals surface area contributed by atoms with E-state index in [1.807, 2.05) is 19.1 Å². The minimum absolute atomic E-state index is 0.300. The molecule has 1 aliphatic rings. The van der Waals surface area contributed by atoms with E-state index in [1.54, 1.807) is 13.2 Å². The lowest BCUT2D eigenvalue weighted by atomic mass is 9.95. The lowest BCUT2D eigenvalue weighted by molar-refractivity contribution is -0.254. The fraction of sp³-hybridized carbons (Fsp3) is 0.471. The summed E-state index contributed by atoms with van der Waals surface area (Å²) in [5, 5.41) is 12.3. The Morgan fingerprint density at radius 1 is 1.29 bits per heavy atom. The van der Waals surface area contributed by atoms with Crippen LogP contribution in [0.5, 0.6) is 5.75 Å². The Morgan fingerprint density at radius 2 is 2.00 bits per heavy atom. The molecule has 1 aromatic carbocycles. The molecule has 0 N–H and O–H groups in total. The van der Waals surface area contributed by atoms with Gasteiger partial charge in [0.15, 0.2) is 0 Å². The van der Waals surface area contributed by atoms with Crippen LogP contribution in [0.4, 0.5) is 0 Å². The number of carbonyl (C=O) groups excluding carboxylic acids is 1. The predicted molar refractivity (Wildman–Crippen MR) is 79.7 cm³/mol. The first kappa shape index (κ1) is 14.0. The average Bonchev–Trinajstić information content (AvgIpc) is 2.79. The highest BCUT2D eigenvalue weighted by atomic mass is 16.5. The average molecular weight is 286 g/mol. The topological polar surface area (TPSA) is 54.3 Å². The molecule has 1 saturated carbocycles. The zero-order valence-electron chi connectivity index (χ0n) is 12.5. The number of nitrogens with zero attached hydrogens (tertiary/aromatic N) is 1. The van der Waals surface area contributed by atoms with Crippen LogP contribution in [0.25, 0.3) is 10.9 Å². The quantitative estimate of drug-likeness (QED) is 0.871. The molecule has 0 bridgehead atoms. The third-order valence-electron chi connectivity index (χ3n) is 4.60. The third-order valence-corrected chi connectivity index (χ3v) is 4.60. The molecule has 0 aliphatic heterocycles. The Labute approximate surface area is 124 Å². The maximum absolute atomic E-state index is 11.6. The molecule has 0 amide bonds. The molecule has 1 heterocycles. The second-order valence-corrected chi connectivity index (χ2v) is 5.79. The number of benzene rings is 1. The van der Waals surface area contributed by atoms with E-state index in [0.717, 1.165) is 29.4 Å². The first-order valence-corrected chi connectivity index (χ1v) is 7.53. The highest BCUT2D eigenvalue weighted by Crippen LogP contribution is 2.36. The van der Waals surface area contributed by atoms with Gasteiger partial charge < -0.3 is 19.2 Å². The fourth-order valence-corrected chi connectivity index (χ4v) is 3.62. The number of hydrogen-bond donors (Lipinski definition) is 0. The molecule has 2 aromatic rings. The Hall–Kier alpha value is -1.97. The summed E-state index contributed by atoms with van der Waals surface area (Å²) in [6, 6.07) is 6.04. The van der Waals surface area contributed by atoms with Gasteiger partial charge in [-0.2, -0.15) is 0 Å². The first-order chi connectivity index (χ1) is 10.1. The van der Waals surface area contributed by atoms with Crippen LogP contribution in [-0.4, -0.2) is 17.6 Å². The zero-order valence-corrected chi connectivity index (χ0v) is 12.5. The molecular weight excluding hydrogens is 266 g/mol. The molecule has 1 aliphatic carbocycles. The van der Waals surface area contributed by atoms with Crippen molar-refractivity contribution in [1.29, 1.82) is 0 Å². The van der Waals surface area contributed by atoms with E-state index in [0.29, 0.717) is 17.4 Å². The monoisotopic (exact) mass is 286 g/mol. The molecule has 0 spiro atoms. The summed E-state index contributed by atoms with van der Waals surface area (Å²) in [4.78, 5) is 11.6. The Kier molecular flexibility index (Phi) is 3.62. The van der Waals surface area contributed by atoms with Crippen LogP contribution >= 0.6 is 0 Å². The second-order valence-electron chi connectivity index (χ2n) is 5.79. The van der Waals surface area contributed by atoms with Crippen molar-refractivity contribution in [1.82, 2.24) is 4.57 Å². The molecule has 0 saturated heterocycles. The van der Waals surface area contributed by atoms with E-state index in [4.69, 9.17) is 4.74 Å². The molecule has 0 atom stereocenters. The van der Waals surface area contributed by atoms with Crippen molar-refractivity contribution in [3.05, 3.63) is 29.5 Å². The van der Waals surface area contributed by atoms with Crippen molar-refractivity contribution < 1.29 is 14.6 Å². The number of fused-ring (bicyclic) bond motifs is 1. The summed E-state index contributed by atoms with van der Waals surface area (Å²) in [5.74, 6) is -0.439. The Morgan fingerprint density at radius 3 is 2.62 bits per heavy atom. The van der Waals surface area contributed by atoms with Crippen molar-refractivity contribution in [2.75, 3.05) is 7.11 Å². The van der Waals surface area contributed by atoms with Gasteiger partial charge in [-0.3, -0.25) is 0 Å². The normalized spacial score (nSPS) is 16.3. The van der Waals surface area contributed by atoms with Gasteiger partial charge in [0.1, 0.15) is 5.75 Å². The van der Waals surface area contributed by atoms with Gasteiger partial charge in [-0.05, 0) is 38.0 Å². The lowest BCUT2D eigenvalue weighted by Gasteiger charge is -2.26. The summed E-state index contributed by atoms with van der Waals surface area (Å²) in [7, 11) is 1.59. The van der Waals surface area contributed by atoms with Crippen LogP contribution in [0, 0.1) is 6.92 Å². The van der Waals surface area contributed by atoms with Crippen LogP contribution < -0.4 is 9.84 Å². The molecule has 0 unspecified atom stereocenters. The van der Waals surface area contributed by atoms with Gasteiger partial charge >= 0.3 is 0 Å². The van der Waals surface area contributed by atoms with Gasteiger partial charge in [0, 0.05) is 28.2 Å².